The summed E-state index contributed by atoms with van der Waals surface area (Å²) in [5.74, 6) is -0.917. The minimum atomic E-state index is -0.957. The molecule has 3 radical (unpaired) electrons. The van der Waals surface area contributed by atoms with Crippen LogP contribution in [-0.4, -0.2) is 38.0 Å². The van der Waals surface area contributed by atoms with Gasteiger partial charge in [-0.15, -0.1) is 0 Å². The van der Waals surface area contributed by atoms with Crippen molar-refractivity contribution in [2.24, 2.45) is 5.73 Å². The number of benzene rings is 1. The monoisotopic (exact) mass is 358 g/mol. The number of hydrogen-bond donors (Lipinski definition) is 3. The first-order chi connectivity index (χ1) is 9.59. The molecular formula is C14H20N3O3Se. The molecule has 1 rings (SSSR count). The van der Waals surface area contributed by atoms with E-state index in [2.05, 4.69) is 5.32 Å². The first-order valence-electron chi connectivity index (χ1n) is 6.46. The number of carboxylic acid groups (broad SMARTS) is 1. The quantitative estimate of drug-likeness (QED) is 0.441. The van der Waals surface area contributed by atoms with Crippen LogP contribution in [0.3, 0.4) is 0 Å². The van der Waals surface area contributed by atoms with Crippen LogP contribution in [0, 0.1) is 0 Å². The maximum absolute atomic E-state index is 11.6. The maximum atomic E-state index is 11.6. The second-order valence-electron chi connectivity index (χ2n) is 4.36. The molecule has 0 aliphatic rings. The summed E-state index contributed by atoms with van der Waals surface area (Å²) < 4.78 is 0. The minimum absolute atomic E-state index is 0. The summed E-state index contributed by atoms with van der Waals surface area (Å²) in [6.45, 7) is 0.552. The van der Waals surface area contributed by atoms with E-state index in [4.69, 9.17) is 10.8 Å². The first-order valence-corrected chi connectivity index (χ1v) is 8.88. The normalized spacial score (nSPS) is 11.3. The van der Waals surface area contributed by atoms with Crippen molar-refractivity contribution in [1.82, 2.24) is 11.5 Å². The van der Waals surface area contributed by atoms with E-state index in [0.29, 0.717) is 19.4 Å². The molecule has 1 atom stereocenters. The molecule has 0 aromatic heterocycles. The number of nitrogens with one attached hydrogen (secondary N) is 1. The molecule has 0 spiro atoms. The Kier molecular flexibility index (Phi) is 10.5. The van der Waals surface area contributed by atoms with Crippen molar-refractivity contribution in [3.05, 3.63) is 35.9 Å². The van der Waals surface area contributed by atoms with Gasteiger partial charge in [-0.1, -0.05) is 0 Å². The number of carbonyl (C=O) groups is 2. The SMILES string of the molecule is NC(CC[Se]CCC(=O)NCc1ccccc1)C(=O)O.[N]. The van der Waals surface area contributed by atoms with Gasteiger partial charge in [0.1, 0.15) is 0 Å². The van der Waals surface area contributed by atoms with Gasteiger partial charge in [0.05, 0.1) is 0 Å². The van der Waals surface area contributed by atoms with Crippen LogP contribution in [0.2, 0.25) is 10.6 Å². The van der Waals surface area contributed by atoms with Crippen LogP contribution in [0.4, 0.5) is 0 Å². The molecular weight excluding hydrogens is 337 g/mol. The molecule has 0 heterocycles. The van der Waals surface area contributed by atoms with Gasteiger partial charge in [-0.05, 0) is 0 Å². The van der Waals surface area contributed by atoms with Crippen molar-refractivity contribution in [3.63, 3.8) is 0 Å². The van der Waals surface area contributed by atoms with Gasteiger partial charge < -0.3 is 0 Å². The Balaban J connectivity index is 0.00000400. The molecule has 0 saturated carbocycles. The van der Waals surface area contributed by atoms with Gasteiger partial charge in [-0.25, -0.2) is 0 Å². The Bertz CT molecular complexity index is 429. The Hall–Kier alpha value is -1.40. The van der Waals surface area contributed by atoms with Crippen molar-refractivity contribution in [1.29, 1.82) is 0 Å². The fourth-order valence-electron chi connectivity index (χ4n) is 1.49. The van der Waals surface area contributed by atoms with Crippen LogP contribution in [-0.2, 0) is 16.1 Å². The van der Waals surface area contributed by atoms with Gasteiger partial charge in [0.15, 0.2) is 0 Å². The van der Waals surface area contributed by atoms with E-state index in [9.17, 15) is 9.59 Å². The summed E-state index contributed by atoms with van der Waals surface area (Å²) in [5.41, 5.74) is 6.48. The average Bonchev–Trinajstić information content (AvgIpc) is 2.45. The number of carbonyl (C=O) groups excluding carboxylic acids is 1. The molecule has 1 aromatic carbocycles. The Morgan fingerprint density at radius 3 is 2.52 bits per heavy atom. The van der Waals surface area contributed by atoms with E-state index in [1.54, 1.807) is 0 Å². The zero-order valence-electron chi connectivity index (χ0n) is 11.7. The minimum Gasteiger partial charge on any atom is 0 e. The third-order valence-electron chi connectivity index (χ3n) is 2.70. The van der Waals surface area contributed by atoms with E-state index in [0.717, 1.165) is 16.2 Å². The molecule has 0 aliphatic carbocycles. The van der Waals surface area contributed by atoms with Crippen molar-refractivity contribution in [2.75, 3.05) is 0 Å². The standard InChI is InChI=1S/C14H20N2O3Se.N/c15-12(14(18)19)6-8-20-9-7-13(17)16-10-11-4-2-1-3-5-11;/h1-5,12H,6-10,15H2,(H,16,17)(H,18,19);. The summed E-state index contributed by atoms with van der Waals surface area (Å²) in [5, 5.41) is 13.1. The molecule has 1 unspecified atom stereocenters. The summed E-state index contributed by atoms with van der Waals surface area (Å²) in [6, 6.07) is 8.99. The molecule has 0 aliphatic heterocycles. The van der Waals surface area contributed by atoms with Crippen molar-refractivity contribution < 1.29 is 14.7 Å². The smallest absolute Gasteiger partial charge is 0 e. The Morgan fingerprint density at radius 2 is 1.90 bits per heavy atom. The number of carboxylic acids is 1. The van der Waals surface area contributed by atoms with Crippen LogP contribution >= 0.6 is 0 Å². The predicted molar refractivity (Wildman–Crippen MR) is 80.6 cm³/mol. The van der Waals surface area contributed by atoms with Crippen LogP contribution in [0.5, 0.6) is 0 Å². The molecule has 4 N–H and O–H groups in total. The van der Waals surface area contributed by atoms with Gasteiger partial charge in [0, 0.05) is 6.15 Å². The Labute approximate surface area is 131 Å². The molecule has 0 fully saturated rings. The van der Waals surface area contributed by atoms with Gasteiger partial charge in [0.25, 0.3) is 0 Å². The molecule has 21 heavy (non-hydrogen) atoms. The molecule has 0 saturated heterocycles. The van der Waals surface area contributed by atoms with Gasteiger partial charge in [-0.2, -0.15) is 0 Å². The second kappa shape index (κ2) is 11.3. The van der Waals surface area contributed by atoms with E-state index >= 15 is 0 Å². The molecule has 1 aromatic rings. The topological polar surface area (TPSA) is 123 Å². The summed E-state index contributed by atoms with van der Waals surface area (Å²) in [6.07, 6.45) is 0.982. The number of rotatable bonds is 9. The summed E-state index contributed by atoms with van der Waals surface area (Å²) in [4.78, 5) is 22.1. The molecule has 0 bridgehead atoms. The molecule has 7 heteroatoms. The summed E-state index contributed by atoms with van der Waals surface area (Å²) >= 11 is 0.275. The van der Waals surface area contributed by atoms with E-state index in [1.165, 1.54) is 0 Å². The number of aliphatic carboxylic acids is 1. The largest absolute Gasteiger partial charge is 0 e. The van der Waals surface area contributed by atoms with Crippen LogP contribution in [0.15, 0.2) is 30.3 Å². The van der Waals surface area contributed by atoms with E-state index < -0.39 is 12.0 Å². The zero-order valence-corrected chi connectivity index (χ0v) is 13.4. The first kappa shape index (κ1) is 19.6. The van der Waals surface area contributed by atoms with Crippen LogP contribution in [0.1, 0.15) is 18.4 Å². The van der Waals surface area contributed by atoms with Gasteiger partial charge >= 0.3 is 125 Å². The number of nitrogens with zero attached hydrogens (tertiary/aromatic N) is 1. The molecule has 1 amide bonds. The van der Waals surface area contributed by atoms with Crippen molar-refractivity contribution in [2.45, 2.75) is 36.1 Å². The molecule has 115 valence electrons. The predicted octanol–water partition coefficient (Wildman–Crippen LogP) is 0.555. The average molecular weight is 357 g/mol. The van der Waals surface area contributed by atoms with E-state index in [-0.39, 0.29) is 27.0 Å². The fourth-order valence-corrected chi connectivity index (χ4v) is 3.49. The number of hydrogen-bond acceptors (Lipinski definition) is 3. The summed E-state index contributed by atoms with van der Waals surface area (Å²) in [7, 11) is 0. The van der Waals surface area contributed by atoms with Gasteiger partial charge in [-0.3, -0.25) is 0 Å². The van der Waals surface area contributed by atoms with Crippen LogP contribution in [0.25, 0.3) is 0 Å². The zero-order chi connectivity index (χ0) is 14.8. The third-order valence-corrected chi connectivity index (χ3v) is 4.83. The van der Waals surface area contributed by atoms with Crippen molar-refractivity contribution in [3.8, 4) is 0 Å². The third kappa shape index (κ3) is 9.20. The fraction of sp³-hybridized carbons (Fsp3) is 0.429. The van der Waals surface area contributed by atoms with Crippen molar-refractivity contribution >= 4 is 26.8 Å². The second-order valence-corrected chi connectivity index (χ2v) is 6.93. The maximum Gasteiger partial charge on any atom is 0 e. The molecule has 6 nitrogen and oxygen atoms in total. The van der Waals surface area contributed by atoms with Crippen LogP contribution < -0.4 is 17.2 Å². The number of nitrogens with two attached hydrogens (primary N) is 1. The Morgan fingerprint density at radius 1 is 1.24 bits per heavy atom. The number of amides is 1. The van der Waals surface area contributed by atoms with Gasteiger partial charge in [0.2, 0.25) is 0 Å². The van der Waals surface area contributed by atoms with E-state index in [1.807, 2.05) is 30.3 Å².